The third-order valence-electron chi connectivity index (χ3n) is 3.20. The zero-order valence-corrected chi connectivity index (χ0v) is 13.7. The van der Waals surface area contributed by atoms with Gasteiger partial charge in [-0.05, 0) is 34.9 Å². The Morgan fingerprint density at radius 1 is 1.40 bits per heavy atom. The zero-order valence-electron chi connectivity index (χ0n) is 12.9. The van der Waals surface area contributed by atoms with Crippen LogP contribution in [0.4, 0.5) is 0 Å². The lowest BCUT2D eigenvalue weighted by atomic mass is 10.3. The highest BCUT2D eigenvalue weighted by Gasteiger charge is 2.21. The lowest BCUT2D eigenvalue weighted by Gasteiger charge is -2.20. The van der Waals surface area contributed by atoms with Crippen LogP contribution in [0.3, 0.4) is 0 Å². The van der Waals surface area contributed by atoms with E-state index in [2.05, 4.69) is 28.8 Å². The molecular weight excluding hydrogens is 278 g/mol. The van der Waals surface area contributed by atoms with E-state index >= 15 is 0 Å². The third kappa shape index (κ3) is 4.59. The summed E-state index contributed by atoms with van der Waals surface area (Å²) >= 11 is 0. The first-order valence-corrected chi connectivity index (χ1v) is 8.20. The van der Waals surface area contributed by atoms with Crippen LogP contribution in [0.5, 0.6) is 0 Å². The van der Waals surface area contributed by atoms with Crippen LogP contribution in [0.25, 0.3) is 0 Å². The molecule has 0 aromatic carbocycles. The minimum absolute atomic E-state index is 0.218. The van der Waals surface area contributed by atoms with Gasteiger partial charge in [0.15, 0.2) is 0 Å². The first kappa shape index (κ1) is 17.2. The average molecular weight is 303 g/mol. The smallest absolute Gasteiger partial charge is 0.244 e. The molecule has 116 valence electrons. The van der Waals surface area contributed by atoms with Crippen LogP contribution in [0, 0.1) is 6.92 Å². The molecule has 20 heavy (non-hydrogen) atoms. The SMILES string of the molecule is CNCc1cc(S(=O)(=O)NCCN(C)C(C)C)c(C)o1. The van der Waals surface area contributed by atoms with Crippen LogP contribution in [0.15, 0.2) is 15.4 Å². The highest BCUT2D eigenvalue weighted by Crippen LogP contribution is 2.19. The maximum atomic E-state index is 12.2. The Labute approximate surface area is 121 Å². The second-order valence-electron chi connectivity index (χ2n) is 5.14. The van der Waals surface area contributed by atoms with Gasteiger partial charge >= 0.3 is 0 Å². The molecule has 6 nitrogen and oxygen atoms in total. The Balaban J connectivity index is 2.69. The van der Waals surface area contributed by atoms with Gasteiger partial charge in [0.05, 0.1) is 6.54 Å². The van der Waals surface area contributed by atoms with Crippen molar-refractivity contribution < 1.29 is 12.8 Å². The number of aryl methyl sites for hydroxylation is 1. The second-order valence-corrected chi connectivity index (χ2v) is 6.87. The largest absolute Gasteiger partial charge is 0.464 e. The maximum Gasteiger partial charge on any atom is 0.244 e. The van der Waals surface area contributed by atoms with Crippen LogP contribution in [-0.2, 0) is 16.6 Å². The molecule has 0 amide bonds. The number of hydrogen-bond donors (Lipinski definition) is 2. The van der Waals surface area contributed by atoms with Gasteiger partial charge in [-0.1, -0.05) is 0 Å². The Morgan fingerprint density at radius 2 is 2.05 bits per heavy atom. The molecule has 1 heterocycles. The van der Waals surface area contributed by atoms with Crippen LogP contribution < -0.4 is 10.0 Å². The highest BCUT2D eigenvalue weighted by molar-refractivity contribution is 7.89. The molecule has 0 atom stereocenters. The maximum absolute atomic E-state index is 12.2. The molecule has 7 heteroatoms. The van der Waals surface area contributed by atoms with E-state index in [1.807, 2.05) is 7.05 Å². The van der Waals surface area contributed by atoms with Crippen LogP contribution in [0.2, 0.25) is 0 Å². The summed E-state index contributed by atoms with van der Waals surface area (Å²) in [4.78, 5) is 2.30. The quantitative estimate of drug-likeness (QED) is 0.747. The minimum Gasteiger partial charge on any atom is -0.464 e. The van der Waals surface area contributed by atoms with Crippen molar-refractivity contribution in [1.29, 1.82) is 0 Å². The number of rotatable bonds is 8. The fourth-order valence-electron chi connectivity index (χ4n) is 1.74. The molecule has 0 fully saturated rings. The van der Waals surface area contributed by atoms with Gasteiger partial charge in [-0.25, -0.2) is 13.1 Å². The lowest BCUT2D eigenvalue weighted by Crippen LogP contribution is -2.36. The van der Waals surface area contributed by atoms with Crippen molar-refractivity contribution in [2.75, 3.05) is 27.2 Å². The predicted molar refractivity (Wildman–Crippen MR) is 79.2 cm³/mol. The van der Waals surface area contributed by atoms with Crippen LogP contribution >= 0.6 is 0 Å². The van der Waals surface area contributed by atoms with Crippen molar-refractivity contribution in [1.82, 2.24) is 14.9 Å². The van der Waals surface area contributed by atoms with E-state index < -0.39 is 10.0 Å². The molecule has 1 rings (SSSR count). The number of hydrogen-bond acceptors (Lipinski definition) is 5. The summed E-state index contributed by atoms with van der Waals surface area (Å²) < 4.78 is 32.4. The van der Waals surface area contributed by atoms with E-state index in [0.717, 1.165) is 0 Å². The summed E-state index contributed by atoms with van der Waals surface area (Å²) in [6.45, 7) is 7.35. The van der Waals surface area contributed by atoms with Gasteiger partial charge in [-0.15, -0.1) is 0 Å². The molecule has 0 radical (unpaired) electrons. The van der Waals surface area contributed by atoms with Crippen molar-refractivity contribution >= 4 is 10.0 Å². The summed E-state index contributed by atoms with van der Waals surface area (Å²) in [5.41, 5.74) is 0. The van der Waals surface area contributed by atoms with Crippen molar-refractivity contribution in [2.24, 2.45) is 0 Å². The van der Waals surface area contributed by atoms with E-state index in [0.29, 0.717) is 37.2 Å². The van der Waals surface area contributed by atoms with Gasteiger partial charge in [0, 0.05) is 25.2 Å². The molecule has 0 bridgehead atoms. The number of sulfonamides is 1. The van der Waals surface area contributed by atoms with Gasteiger partial charge in [-0.2, -0.15) is 0 Å². The average Bonchev–Trinajstić information content (AvgIpc) is 2.71. The Kier molecular flexibility index (Phi) is 6.19. The minimum atomic E-state index is -3.51. The monoisotopic (exact) mass is 303 g/mol. The fraction of sp³-hybridized carbons (Fsp3) is 0.692. The predicted octanol–water partition coefficient (Wildman–Crippen LogP) is 0.926. The fourth-order valence-corrected chi connectivity index (χ4v) is 2.97. The Morgan fingerprint density at radius 3 is 2.60 bits per heavy atom. The molecule has 0 spiro atoms. The first-order chi connectivity index (χ1) is 9.27. The highest BCUT2D eigenvalue weighted by atomic mass is 32.2. The second kappa shape index (κ2) is 7.21. The molecule has 0 aliphatic carbocycles. The summed E-state index contributed by atoms with van der Waals surface area (Å²) in [6, 6.07) is 1.96. The van der Waals surface area contributed by atoms with Gasteiger partial charge in [-0.3, -0.25) is 0 Å². The molecule has 0 saturated heterocycles. The first-order valence-electron chi connectivity index (χ1n) is 6.71. The zero-order chi connectivity index (χ0) is 15.3. The van der Waals surface area contributed by atoms with Gasteiger partial charge in [0.25, 0.3) is 0 Å². The van der Waals surface area contributed by atoms with Gasteiger partial charge < -0.3 is 14.6 Å². The van der Waals surface area contributed by atoms with E-state index in [-0.39, 0.29) is 4.90 Å². The van der Waals surface area contributed by atoms with Crippen LogP contribution in [-0.4, -0.2) is 46.5 Å². The number of furan rings is 1. The number of nitrogens with one attached hydrogen (secondary N) is 2. The topological polar surface area (TPSA) is 74.6 Å². The summed E-state index contributed by atoms with van der Waals surface area (Å²) in [7, 11) is 0.241. The molecule has 1 aromatic rings. The van der Waals surface area contributed by atoms with Crippen molar-refractivity contribution in [3.63, 3.8) is 0 Å². The van der Waals surface area contributed by atoms with Crippen molar-refractivity contribution in [3.05, 3.63) is 17.6 Å². The molecule has 0 saturated carbocycles. The Bertz CT molecular complexity index is 523. The molecule has 0 aliphatic heterocycles. The summed E-state index contributed by atoms with van der Waals surface area (Å²) in [5, 5.41) is 2.93. The Hall–Kier alpha value is -0.890. The summed E-state index contributed by atoms with van der Waals surface area (Å²) in [5.74, 6) is 1.03. The summed E-state index contributed by atoms with van der Waals surface area (Å²) in [6.07, 6.45) is 0. The standard InChI is InChI=1S/C13H25N3O3S/c1-10(2)16(5)7-6-15-20(17,18)13-8-12(9-14-4)19-11(13)3/h8,10,14-15H,6-7,9H2,1-5H3. The van der Waals surface area contributed by atoms with Crippen LogP contribution in [0.1, 0.15) is 25.4 Å². The molecule has 0 aliphatic rings. The third-order valence-corrected chi connectivity index (χ3v) is 4.77. The van der Waals surface area contributed by atoms with E-state index in [1.165, 1.54) is 0 Å². The van der Waals surface area contributed by atoms with E-state index in [1.54, 1.807) is 20.0 Å². The number of nitrogens with zero attached hydrogens (tertiary/aromatic N) is 1. The normalized spacial score (nSPS) is 12.6. The van der Waals surface area contributed by atoms with Crippen molar-refractivity contribution in [3.8, 4) is 0 Å². The molecule has 2 N–H and O–H groups in total. The van der Waals surface area contributed by atoms with Gasteiger partial charge in [0.2, 0.25) is 10.0 Å². The number of likely N-dealkylation sites (N-methyl/N-ethyl adjacent to an activating group) is 1. The van der Waals surface area contributed by atoms with Gasteiger partial charge in [0.1, 0.15) is 16.4 Å². The van der Waals surface area contributed by atoms with E-state index in [9.17, 15) is 8.42 Å². The molecular formula is C13H25N3O3S. The van der Waals surface area contributed by atoms with E-state index in [4.69, 9.17) is 4.42 Å². The van der Waals surface area contributed by atoms with Crippen molar-refractivity contribution in [2.45, 2.75) is 38.3 Å². The molecule has 0 unspecified atom stereocenters. The lowest BCUT2D eigenvalue weighted by molar-refractivity contribution is 0.278. The molecule has 1 aromatic heterocycles.